The third-order valence-electron chi connectivity index (χ3n) is 5.86. The molecule has 4 aromatic rings. The van der Waals surface area contributed by atoms with Gasteiger partial charge >= 0.3 is 0 Å². The Morgan fingerprint density at radius 2 is 1.74 bits per heavy atom. The Morgan fingerprint density at radius 1 is 0.968 bits per heavy atom. The highest BCUT2D eigenvalue weighted by Gasteiger charge is 2.26. The molecule has 1 fully saturated rings. The highest BCUT2D eigenvalue weighted by molar-refractivity contribution is 6.15. The van der Waals surface area contributed by atoms with Gasteiger partial charge in [-0.2, -0.15) is 5.26 Å². The van der Waals surface area contributed by atoms with E-state index in [0.717, 1.165) is 16.2 Å². The highest BCUT2D eigenvalue weighted by atomic mass is 19.1. The summed E-state index contributed by atoms with van der Waals surface area (Å²) in [6.07, 6.45) is 1.71. The predicted molar refractivity (Wildman–Crippen MR) is 118 cm³/mol. The number of nitriles is 1. The summed E-state index contributed by atoms with van der Waals surface area (Å²) in [7, 11) is 0. The summed E-state index contributed by atoms with van der Waals surface area (Å²) >= 11 is 0. The fourth-order valence-corrected chi connectivity index (χ4v) is 4.30. The van der Waals surface area contributed by atoms with E-state index in [-0.39, 0.29) is 11.5 Å². The van der Waals surface area contributed by atoms with E-state index in [9.17, 15) is 14.4 Å². The lowest BCUT2D eigenvalue weighted by Crippen LogP contribution is -2.49. The van der Waals surface area contributed by atoms with Gasteiger partial charge in [0.25, 0.3) is 5.91 Å². The number of carbonyl (C=O) groups is 1. The van der Waals surface area contributed by atoms with Gasteiger partial charge in [-0.1, -0.05) is 36.4 Å². The smallest absolute Gasteiger partial charge is 0.256 e. The molecule has 0 atom stereocenters. The third kappa shape index (κ3) is 3.24. The average molecular weight is 410 g/mol. The van der Waals surface area contributed by atoms with E-state index >= 15 is 0 Å². The van der Waals surface area contributed by atoms with Crippen molar-refractivity contribution in [2.24, 2.45) is 0 Å². The van der Waals surface area contributed by atoms with Crippen molar-refractivity contribution in [2.45, 2.75) is 0 Å². The molecule has 0 aliphatic carbocycles. The van der Waals surface area contributed by atoms with Crippen LogP contribution in [-0.4, -0.2) is 42.0 Å². The maximum absolute atomic E-state index is 14.0. The number of pyridine rings is 1. The summed E-state index contributed by atoms with van der Waals surface area (Å²) in [4.78, 5) is 21.7. The Bertz CT molecular complexity index is 1350. The van der Waals surface area contributed by atoms with Crippen molar-refractivity contribution >= 4 is 33.3 Å². The van der Waals surface area contributed by atoms with Gasteiger partial charge in [0.1, 0.15) is 17.4 Å². The maximum atomic E-state index is 14.0. The Balaban J connectivity index is 1.44. The lowest BCUT2D eigenvalue weighted by molar-refractivity contribution is 0.0748. The lowest BCUT2D eigenvalue weighted by Gasteiger charge is -2.36. The first kappa shape index (κ1) is 19.0. The summed E-state index contributed by atoms with van der Waals surface area (Å²) in [6, 6.07) is 20.4. The van der Waals surface area contributed by atoms with Crippen molar-refractivity contribution < 1.29 is 9.18 Å². The second-order valence-electron chi connectivity index (χ2n) is 7.57. The number of piperazine rings is 1. The van der Waals surface area contributed by atoms with Crippen molar-refractivity contribution in [3.05, 3.63) is 83.8 Å². The van der Waals surface area contributed by atoms with Crippen molar-refractivity contribution in [1.29, 1.82) is 5.26 Å². The molecule has 1 aliphatic rings. The van der Waals surface area contributed by atoms with E-state index in [1.807, 2.05) is 53.4 Å². The summed E-state index contributed by atoms with van der Waals surface area (Å²) in [6.45, 7) is 2.04. The maximum Gasteiger partial charge on any atom is 0.256 e. The number of fused-ring (bicyclic) bond motifs is 3. The van der Waals surface area contributed by atoms with Crippen LogP contribution >= 0.6 is 0 Å². The molecule has 0 radical (unpaired) electrons. The molecule has 0 spiro atoms. The van der Waals surface area contributed by atoms with E-state index in [4.69, 9.17) is 0 Å². The number of anilines is 1. The molecule has 0 unspecified atom stereocenters. The SMILES string of the molecule is N#Cc1c(F)cccc1N1CCN(C(=O)c2cc3ccccc3c3cccnc23)CC1. The van der Waals surface area contributed by atoms with Gasteiger partial charge in [0.15, 0.2) is 0 Å². The standard InChI is InChI=1S/C25H19FN4O/c26-22-8-3-9-23(21(22)16-27)29-11-13-30(14-12-29)25(31)20-15-17-5-1-2-6-18(17)19-7-4-10-28-24(19)20/h1-10,15H,11-14H2. The largest absolute Gasteiger partial charge is 0.367 e. The number of nitrogens with zero attached hydrogens (tertiary/aromatic N) is 4. The van der Waals surface area contributed by atoms with E-state index in [1.54, 1.807) is 23.2 Å². The van der Waals surface area contributed by atoms with Gasteiger partial charge in [-0.05, 0) is 35.0 Å². The molecule has 3 aromatic carbocycles. The number of hydrogen-bond acceptors (Lipinski definition) is 4. The second-order valence-corrected chi connectivity index (χ2v) is 7.57. The van der Waals surface area contributed by atoms with Crippen LogP contribution in [0.5, 0.6) is 0 Å². The van der Waals surface area contributed by atoms with Gasteiger partial charge in [0, 0.05) is 37.8 Å². The first-order valence-corrected chi connectivity index (χ1v) is 10.2. The number of halogens is 1. The zero-order valence-corrected chi connectivity index (χ0v) is 16.8. The minimum absolute atomic E-state index is 0.0481. The van der Waals surface area contributed by atoms with E-state index < -0.39 is 5.82 Å². The zero-order chi connectivity index (χ0) is 21.4. The van der Waals surface area contributed by atoms with Crippen LogP contribution in [0.15, 0.2) is 66.9 Å². The van der Waals surface area contributed by atoms with Crippen LogP contribution in [0.1, 0.15) is 15.9 Å². The summed E-state index contributed by atoms with van der Waals surface area (Å²) in [5.74, 6) is -0.582. The molecule has 2 heterocycles. The predicted octanol–water partition coefficient (Wildman–Crippen LogP) is 4.36. The van der Waals surface area contributed by atoms with Crippen LogP contribution in [0, 0.1) is 17.1 Å². The van der Waals surface area contributed by atoms with Crippen molar-refractivity contribution in [1.82, 2.24) is 9.88 Å². The number of rotatable bonds is 2. The van der Waals surface area contributed by atoms with Crippen molar-refractivity contribution in [3.63, 3.8) is 0 Å². The van der Waals surface area contributed by atoms with Crippen LogP contribution in [0.4, 0.5) is 10.1 Å². The number of benzene rings is 3. The first-order valence-electron chi connectivity index (χ1n) is 10.2. The van der Waals surface area contributed by atoms with Crippen LogP contribution in [0.3, 0.4) is 0 Å². The van der Waals surface area contributed by atoms with Crippen LogP contribution in [0.2, 0.25) is 0 Å². The molecule has 5 nitrogen and oxygen atoms in total. The molecule has 1 aliphatic heterocycles. The fraction of sp³-hybridized carbons (Fsp3) is 0.160. The van der Waals surface area contributed by atoms with E-state index in [1.165, 1.54) is 6.07 Å². The molecule has 5 rings (SSSR count). The molecule has 1 saturated heterocycles. The van der Waals surface area contributed by atoms with Crippen molar-refractivity contribution in [3.8, 4) is 6.07 Å². The fourth-order valence-electron chi connectivity index (χ4n) is 4.30. The Hall–Kier alpha value is -3.98. The van der Waals surface area contributed by atoms with Gasteiger partial charge in [-0.25, -0.2) is 4.39 Å². The summed E-state index contributed by atoms with van der Waals surface area (Å²) in [5, 5.41) is 12.4. The Labute approximate surface area is 178 Å². The molecule has 0 bridgehead atoms. The quantitative estimate of drug-likeness (QED) is 0.461. The first-order chi connectivity index (χ1) is 15.2. The van der Waals surface area contributed by atoms with Gasteiger partial charge in [0.2, 0.25) is 0 Å². The normalized spacial score (nSPS) is 14.1. The molecule has 0 N–H and O–H groups in total. The average Bonchev–Trinajstić information content (AvgIpc) is 2.83. The minimum Gasteiger partial charge on any atom is -0.367 e. The molecule has 1 amide bonds. The third-order valence-corrected chi connectivity index (χ3v) is 5.86. The lowest BCUT2D eigenvalue weighted by atomic mass is 10.00. The van der Waals surface area contributed by atoms with Gasteiger partial charge in [-0.15, -0.1) is 0 Å². The van der Waals surface area contributed by atoms with E-state index in [2.05, 4.69) is 4.98 Å². The Kier molecular flexibility index (Phi) is 4.72. The molecule has 0 saturated carbocycles. The summed E-state index contributed by atoms with van der Waals surface area (Å²) in [5.41, 5.74) is 1.91. The van der Waals surface area contributed by atoms with Crippen molar-refractivity contribution in [2.75, 3.05) is 31.1 Å². The van der Waals surface area contributed by atoms with Crippen LogP contribution in [-0.2, 0) is 0 Å². The van der Waals surface area contributed by atoms with Crippen LogP contribution in [0.25, 0.3) is 21.7 Å². The summed E-state index contributed by atoms with van der Waals surface area (Å²) < 4.78 is 14.0. The van der Waals surface area contributed by atoms with Crippen LogP contribution < -0.4 is 4.90 Å². The molecular weight excluding hydrogens is 391 g/mol. The zero-order valence-electron chi connectivity index (χ0n) is 16.8. The minimum atomic E-state index is -0.521. The van der Waals surface area contributed by atoms with Gasteiger partial charge in [0.05, 0.1) is 16.8 Å². The topological polar surface area (TPSA) is 60.2 Å². The van der Waals surface area contributed by atoms with Gasteiger partial charge < -0.3 is 9.80 Å². The number of carbonyl (C=O) groups excluding carboxylic acids is 1. The molecule has 6 heteroatoms. The van der Waals surface area contributed by atoms with Gasteiger partial charge in [-0.3, -0.25) is 9.78 Å². The molecule has 1 aromatic heterocycles. The number of hydrogen-bond donors (Lipinski definition) is 0. The monoisotopic (exact) mass is 410 g/mol. The number of aromatic nitrogens is 1. The molecule has 31 heavy (non-hydrogen) atoms. The highest BCUT2D eigenvalue weighted by Crippen LogP contribution is 2.29. The Morgan fingerprint density at radius 3 is 2.55 bits per heavy atom. The second kappa shape index (κ2) is 7.69. The van der Waals surface area contributed by atoms with E-state index in [0.29, 0.717) is 42.9 Å². The molecule has 152 valence electrons. The molecular formula is C25H19FN4O. The number of amides is 1.